The molecule has 2 fully saturated rings. The molecule has 1 aliphatic carbocycles. The van der Waals surface area contributed by atoms with Crippen molar-refractivity contribution < 1.29 is 9.53 Å². The number of rotatable bonds is 5. The van der Waals surface area contributed by atoms with Crippen molar-refractivity contribution in [1.29, 1.82) is 0 Å². The summed E-state index contributed by atoms with van der Waals surface area (Å²) in [4.78, 5) is 27.2. The van der Waals surface area contributed by atoms with Gasteiger partial charge in [-0.1, -0.05) is 17.7 Å². The molecule has 9 heteroatoms. The summed E-state index contributed by atoms with van der Waals surface area (Å²) in [5.74, 6) is 1.21. The summed E-state index contributed by atoms with van der Waals surface area (Å²) < 4.78 is 5.55. The summed E-state index contributed by atoms with van der Waals surface area (Å²) in [6, 6.07) is 8.38. The van der Waals surface area contributed by atoms with Crippen LogP contribution in [0.25, 0.3) is 16.6 Å². The zero-order valence-corrected chi connectivity index (χ0v) is 22.1. The minimum Gasteiger partial charge on any atom is -0.495 e. The lowest BCUT2D eigenvalue weighted by atomic mass is 10.0. The lowest BCUT2D eigenvalue weighted by molar-refractivity contribution is 0.125. The third-order valence-corrected chi connectivity index (χ3v) is 8.12. The number of hydrogen-bond donors (Lipinski definition) is 2. The Balaban J connectivity index is 1.20. The number of piperazine rings is 1. The van der Waals surface area contributed by atoms with Gasteiger partial charge in [-0.2, -0.15) is 0 Å². The van der Waals surface area contributed by atoms with Crippen LogP contribution in [0.1, 0.15) is 36.4 Å². The van der Waals surface area contributed by atoms with E-state index in [-0.39, 0.29) is 6.03 Å². The number of hydrogen-bond acceptors (Lipinski definition) is 5. The molecule has 0 unspecified atom stereocenters. The molecule has 4 heterocycles. The van der Waals surface area contributed by atoms with Crippen molar-refractivity contribution in [3.8, 4) is 5.75 Å². The number of aromatic nitrogens is 2. The topological polar surface area (TPSA) is 76.7 Å². The lowest BCUT2D eigenvalue weighted by Gasteiger charge is -2.37. The molecule has 0 bridgehead atoms. The van der Waals surface area contributed by atoms with Crippen LogP contribution in [0, 0.1) is 0 Å². The number of carbonyl (C=O) groups excluding carboxylic acids is 1. The maximum absolute atomic E-state index is 13.0. The van der Waals surface area contributed by atoms with E-state index in [4.69, 9.17) is 16.3 Å². The molecule has 1 saturated carbocycles. The first kappa shape index (κ1) is 24.1. The first-order valence-electron chi connectivity index (χ1n) is 13.0. The van der Waals surface area contributed by atoms with Crippen LogP contribution in [0.2, 0.25) is 5.02 Å². The molecular weight excluding hydrogens is 488 g/mol. The van der Waals surface area contributed by atoms with E-state index in [0.29, 0.717) is 23.2 Å². The molecule has 2 amide bonds. The van der Waals surface area contributed by atoms with Crippen LogP contribution in [0.5, 0.6) is 5.75 Å². The fourth-order valence-electron chi connectivity index (χ4n) is 5.28. The number of pyridine rings is 1. The number of carbonyl (C=O) groups is 1. The first-order chi connectivity index (χ1) is 18.0. The van der Waals surface area contributed by atoms with Crippen molar-refractivity contribution in [2.45, 2.75) is 25.2 Å². The molecule has 6 rings (SSSR count). The maximum atomic E-state index is 13.0. The van der Waals surface area contributed by atoms with Gasteiger partial charge in [0.1, 0.15) is 11.4 Å². The number of amides is 2. The van der Waals surface area contributed by atoms with E-state index < -0.39 is 0 Å². The number of anilines is 2. The number of methoxy groups -OCH3 is 1. The van der Waals surface area contributed by atoms with Crippen molar-refractivity contribution in [2.24, 2.45) is 0 Å². The average molecular weight is 521 g/mol. The Labute approximate surface area is 222 Å². The fourth-order valence-corrected chi connectivity index (χ4v) is 5.62. The number of aromatic amines is 1. The quantitative estimate of drug-likeness (QED) is 0.477. The van der Waals surface area contributed by atoms with Gasteiger partial charge in [0.05, 0.1) is 17.8 Å². The molecule has 1 saturated heterocycles. The molecule has 1 aromatic carbocycles. The van der Waals surface area contributed by atoms with Gasteiger partial charge < -0.3 is 29.7 Å². The second-order valence-corrected chi connectivity index (χ2v) is 10.7. The van der Waals surface area contributed by atoms with Gasteiger partial charge in [-0.15, -0.1) is 0 Å². The Kier molecular flexibility index (Phi) is 6.46. The largest absolute Gasteiger partial charge is 0.495 e. The van der Waals surface area contributed by atoms with Crippen LogP contribution in [0.3, 0.4) is 0 Å². The maximum Gasteiger partial charge on any atom is 0.320 e. The van der Waals surface area contributed by atoms with Gasteiger partial charge in [-0.3, -0.25) is 0 Å². The van der Waals surface area contributed by atoms with Crippen molar-refractivity contribution in [3.63, 3.8) is 0 Å². The highest BCUT2D eigenvalue weighted by Crippen LogP contribution is 2.47. The minimum atomic E-state index is 0.150. The highest BCUT2D eigenvalue weighted by molar-refractivity contribution is 6.33. The molecular formula is C28H33ClN6O2. The van der Waals surface area contributed by atoms with Crippen LogP contribution in [0.15, 0.2) is 36.5 Å². The highest BCUT2D eigenvalue weighted by atomic mass is 35.5. The second-order valence-electron chi connectivity index (χ2n) is 10.3. The monoisotopic (exact) mass is 520 g/mol. The van der Waals surface area contributed by atoms with E-state index in [1.54, 1.807) is 7.11 Å². The SMILES string of the molecule is COc1cc(Nc2ccnc3[nH]c(C4=CCN(C(=O)N5CCN(C)CC5)CC4)cc23)cc(C2CC2)c1Cl. The van der Waals surface area contributed by atoms with Crippen molar-refractivity contribution in [2.75, 3.05) is 58.7 Å². The number of ether oxygens (including phenoxy) is 1. The van der Waals surface area contributed by atoms with Crippen LogP contribution in [-0.4, -0.2) is 84.1 Å². The molecule has 0 radical (unpaired) electrons. The van der Waals surface area contributed by atoms with Crippen LogP contribution in [0.4, 0.5) is 16.2 Å². The average Bonchev–Trinajstić information content (AvgIpc) is 3.67. The third kappa shape index (κ3) is 4.88. The Bertz CT molecular complexity index is 1360. The Morgan fingerprint density at radius 3 is 2.65 bits per heavy atom. The van der Waals surface area contributed by atoms with E-state index >= 15 is 0 Å². The zero-order chi connectivity index (χ0) is 25.5. The number of H-pyrrole nitrogens is 1. The van der Waals surface area contributed by atoms with Gasteiger partial charge in [0, 0.05) is 68.3 Å². The fraction of sp³-hybridized carbons (Fsp3) is 0.429. The third-order valence-electron chi connectivity index (χ3n) is 7.71. The Morgan fingerprint density at radius 2 is 1.95 bits per heavy atom. The summed E-state index contributed by atoms with van der Waals surface area (Å²) >= 11 is 6.58. The van der Waals surface area contributed by atoms with Crippen molar-refractivity contribution in [1.82, 2.24) is 24.7 Å². The van der Waals surface area contributed by atoms with Crippen LogP contribution >= 0.6 is 11.6 Å². The molecule has 3 aliphatic rings. The molecule has 194 valence electrons. The molecule has 3 aromatic rings. The molecule has 2 aromatic heterocycles. The standard InChI is InChI=1S/C28H33ClN6O2/c1-33-11-13-35(14-12-33)28(36)34-9-6-19(7-10-34)24-17-22-23(5-8-30-27(22)32-24)31-20-15-21(18-3-4-18)26(29)25(16-20)37-2/h5-6,8,15-18H,3-4,7,9-14H2,1-2H3,(H2,30,31,32). The molecule has 0 spiro atoms. The number of nitrogens with zero attached hydrogens (tertiary/aromatic N) is 4. The second kappa shape index (κ2) is 9.91. The number of nitrogens with one attached hydrogen (secondary N) is 2. The summed E-state index contributed by atoms with van der Waals surface area (Å²) in [7, 11) is 3.76. The lowest BCUT2D eigenvalue weighted by Crippen LogP contribution is -2.52. The highest BCUT2D eigenvalue weighted by Gasteiger charge is 2.28. The van der Waals surface area contributed by atoms with Gasteiger partial charge >= 0.3 is 6.03 Å². The summed E-state index contributed by atoms with van der Waals surface area (Å²) in [6.45, 7) is 4.82. The Hall–Kier alpha value is -3.23. The zero-order valence-electron chi connectivity index (χ0n) is 21.4. The molecule has 37 heavy (non-hydrogen) atoms. The molecule has 8 nitrogen and oxygen atoms in total. The Morgan fingerprint density at radius 1 is 1.14 bits per heavy atom. The van der Waals surface area contributed by atoms with E-state index in [2.05, 4.69) is 45.4 Å². The van der Waals surface area contributed by atoms with E-state index in [1.807, 2.05) is 28.1 Å². The number of likely N-dealkylation sites (N-methyl/N-ethyl adjacent to an activating group) is 1. The van der Waals surface area contributed by atoms with Crippen molar-refractivity contribution in [3.05, 3.63) is 52.8 Å². The number of fused-ring (bicyclic) bond motifs is 1. The molecule has 2 aliphatic heterocycles. The minimum absolute atomic E-state index is 0.150. The predicted molar refractivity (Wildman–Crippen MR) is 148 cm³/mol. The van der Waals surface area contributed by atoms with Gasteiger partial charge in [-0.25, -0.2) is 9.78 Å². The first-order valence-corrected chi connectivity index (χ1v) is 13.4. The van der Waals surface area contributed by atoms with Gasteiger partial charge in [0.15, 0.2) is 0 Å². The summed E-state index contributed by atoms with van der Waals surface area (Å²) in [5.41, 5.74) is 6.17. The molecule has 0 atom stereocenters. The van der Waals surface area contributed by atoms with Crippen molar-refractivity contribution >= 4 is 45.6 Å². The normalized spacial score (nSPS) is 18.7. The van der Waals surface area contributed by atoms with E-state index in [9.17, 15) is 4.79 Å². The number of benzene rings is 1. The predicted octanol–water partition coefficient (Wildman–Crippen LogP) is 5.30. The molecule has 2 N–H and O–H groups in total. The van der Waals surface area contributed by atoms with Gasteiger partial charge in [-0.05, 0) is 61.6 Å². The van der Waals surface area contributed by atoms with Gasteiger partial charge in [0.25, 0.3) is 0 Å². The van der Waals surface area contributed by atoms with E-state index in [0.717, 1.165) is 72.8 Å². The van der Waals surface area contributed by atoms with Crippen LogP contribution in [-0.2, 0) is 0 Å². The number of halogens is 1. The van der Waals surface area contributed by atoms with Gasteiger partial charge in [0.2, 0.25) is 0 Å². The smallest absolute Gasteiger partial charge is 0.320 e. The summed E-state index contributed by atoms with van der Waals surface area (Å²) in [5, 5.41) is 5.31. The van der Waals surface area contributed by atoms with E-state index in [1.165, 1.54) is 18.4 Å². The summed E-state index contributed by atoms with van der Waals surface area (Å²) in [6.07, 6.45) is 7.13. The number of urea groups is 1. The van der Waals surface area contributed by atoms with Crippen LogP contribution < -0.4 is 10.1 Å².